The summed E-state index contributed by atoms with van der Waals surface area (Å²) in [5.41, 5.74) is 0.0161. The van der Waals surface area contributed by atoms with E-state index in [2.05, 4.69) is 0 Å². The molecule has 1 atom stereocenters. The number of nitrogens with zero attached hydrogens (tertiary/aromatic N) is 3. The van der Waals surface area contributed by atoms with E-state index in [0.29, 0.717) is 19.5 Å². The minimum atomic E-state index is -0.563. The molecule has 0 aromatic heterocycles. The molecule has 2 saturated heterocycles. The molecule has 1 aromatic carbocycles. The van der Waals surface area contributed by atoms with Crippen LogP contribution in [0.1, 0.15) is 23.7 Å². The molecule has 23 heavy (non-hydrogen) atoms. The summed E-state index contributed by atoms with van der Waals surface area (Å²) >= 11 is 0. The second-order valence-electron chi connectivity index (χ2n) is 5.73. The third-order valence-corrected chi connectivity index (χ3v) is 4.37. The van der Waals surface area contributed by atoms with Gasteiger partial charge in [0.1, 0.15) is 12.4 Å². The van der Waals surface area contributed by atoms with Crippen molar-refractivity contribution in [3.63, 3.8) is 0 Å². The number of benzene rings is 1. The topological polar surface area (TPSA) is 60.9 Å². The van der Waals surface area contributed by atoms with Gasteiger partial charge in [0, 0.05) is 19.6 Å². The smallest absolute Gasteiger partial charge is 0.327 e. The summed E-state index contributed by atoms with van der Waals surface area (Å²) in [7, 11) is 0. The van der Waals surface area contributed by atoms with Gasteiger partial charge in [-0.15, -0.1) is 0 Å². The number of hydrogen-bond donors (Lipinski definition) is 0. The molecule has 2 heterocycles. The first-order valence-electron chi connectivity index (χ1n) is 7.67. The lowest BCUT2D eigenvalue weighted by molar-refractivity contribution is -0.126. The molecule has 0 N–H and O–H groups in total. The first-order valence-corrected chi connectivity index (χ1v) is 7.67. The van der Waals surface area contributed by atoms with E-state index in [4.69, 9.17) is 0 Å². The van der Waals surface area contributed by atoms with Crippen LogP contribution in [-0.2, 0) is 4.79 Å². The molecule has 3 rings (SSSR count). The zero-order valence-electron chi connectivity index (χ0n) is 12.9. The summed E-state index contributed by atoms with van der Waals surface area (Å²) in [6, 6.07) is 5.18. The summed E-state index contributed by atoms with van der Waals surface area (Å²) in [5.74, 6) is -1.20. The van der Waals surface area contributed by atoms with Crippen LogP contribution in [0.2, 0.25) is 0 Å². The second-order valence-corrected chi connectivity index (χ2v) is 5.73. The number of imide groups is 1. The van der Waals surface area contributed by atoms with Crippen LogP contribution in [0.5, 0.6) is 0 Å². The van der Waals surface area contributed by atoms with Gasteiger partial charge in [-0.3, -0.25) is 14.5 Å². The molecule has 4 amide bonds. The molecular formula is C16H18FN3O3. The van der Waals surface area contributed by atoms with Crippen molar-refractivity contribution < 1.29 is 18.8 Å². The molecular weight excluding hydrogens is 301 g/mol. The van der Waals surface area contributed by atoms with Crippen molar-refractivity contribution in [2.75, 3.05) is 26.2 Å². The number of likely N-dealkylation sites (N-methyl/N-ethyl adjacent to an activating group) is 1. The average Bonchev–Trinajstić information content (AvgIpc) is 3.11. The first kappa shape index (κ1) is 15.5. The van der Waals surface area contributed by atoms with Crippen molar-refractivity contribution in [3.05, 3.63) is 35.6 Å². The second kappa shape index (κ2) is 5.98. The molecule has 0 bridgehead atoms. The number of halogens is 1. The van der Waals surface area contributed by atoms with Gasteiger partial charge in [-0.1, -0.05) is 12.1 Å². The predicted octanol–water partition coefficient (Wildman–Crippen LogP) is 1.32. The SMILES string of the molecule is CCN1CC(=O)N([C@@H]2CCN(C(=O)c3ccccc3F)C2)C1=O. The Kier molecular flexibility index (Phi) is 4.02. The van der Waals surface area contributed by atoms with Gasteiger partial charge < -0.3 is 9.80 Å². The van der Waals surface area contributed by atoms with E-state index >= 15 is 0 Å². The van der Waals surface area contributed by atoms with Gasteiger partial charge in [-0.2, -0.15) is 0 Å². The Balaban J connectivity index is 1.72. The lowest BCUT2D eigenvalue weighted by Gasteiger charge is -2.23. The minimum Gasteiger partial charge on any atom is -0.336 e. The van der Waals surface area contributed by atoms with Crippen LogP contribution < -0.4 is 0 Å². The van der Waals surface area contributed by atoms with Crippen molar-refractivity contribution in [2.45, 2.75) is 19.4 Å². The van der Waals surface area contributed by atoms with E-state index in [0.717, 1.165) is 0 Å². The maximum Gasteiger partial charge on any atom is 0.327 e. The predicted molar refractivity (Wildman–Crippen MR) is 80.2 cm³/mol. The number of hydrogen-bond acceptors (Lipinski definition) is 3. The first-order chi connectivity index (χ1) is 11.0. The molecule has 2 aliphatic rings. The summed E-state index contributed by atoms with van der Waals surface area (Å²) in [6.45, 7) is 3.04. The summed E-state index contributed by atoms with van der Waals surface area (Å²) in [4.78, 5) is 40.9. The van der Waals surface area contributed by atoms with Crippen molar-refractivity contribution in [1.29, 1.82) is 0 Å². The highest BCUT2D eigenvalue weighted by atomic mass is 19.1. The van der Waals surface area contributed by atoms with Crippen LogP contribution in [0.15, 0.2) is 24.3 Å². The zero-order valence-corrected chi connectivity index (χ0v) is 12.9. The zero-order chi connectivity index (χ0) is 16.6. The van der Waals surface area contributed by atoms with Gasteiger partial charge in [0.15, 0.2) is 0 Å². The highest BCUT2D eigenvalue weighted by Gasteiger charge is 2.43. The number of carbonyl (C=O) groups is 3. The van der Waals surface area contributed by atoms with Crippen LogP contribution in [0.25, 0.3) is 0 Å². The van der Waals surface area contributed by atoms with Crippen molar-refractivity contribution in [3.8, 4) is 0 Å². The van der Waals surface area contributed by atoms with Gasteiger partial charge in [-0.25, -0.2) is 9.18 Å². The fraction of sp³-hybridized carbons (Fsp3) is 0.438. The molecule has 7 heteroatoms. The Morgan fingerprint density at radius 3 is 2.70 bits per heavy atom. The largest absolute Gasteiger partial charge is 0.336 e. The van der Waals surface area contributed by atoms with E-state index in [1.54, 1.807) is 6.07 Å². The molecule has 0 spiro atoms. The average molecular weight is 319 g/mol. The fourth-order valence-corrected chi connectivity index (χ4v) is 3.12. The molecule has 2 fully saturated rings. The van der Waals surface area contributed by atoms with E-state index < -0.39 is 11.7 Å². The Morgan fingerprint density at radius 1 is 1.30 bits per heavy atom. The molecule has 0 unspecified atom stereocenters. The van der Waals surface area contributed by atoms with Crippen molar-refractivity contribution >= 4 is 17.8 Å². The van der Waals surface area contributed by atoms with Gasteiger partial charge in [-0.05, 0) is 25.5 Å². The van der Waals surface area contributed by atoms with Gasteiger partial charge in [0.05, 0.1) is 11.6 Å². The Morgan fingerprint density at radius 2 is 2.04 bits per heavy atom. The minimum absolute atomic E-state index is 0.0161. The number of likely N-dealkylation sites (tertiary alicyclic amines) is 1. The van der Waals surface area contributed by atoms with Crippen LogP contribution in [-0.4, -0.2) is 64.8 Å². The number of urea groups is 1. The molecule has 6 nitrogen and oxygen atoms in total. The molecule has 0 saturated carbocycles. The molecule has 2 aliphatic heterocycles. The van der Waals surface area contributed by atoms with Crippen molar-refractivity contribution in [2.24, 2.45) is 0 Å². The monoisotopic (exact) mass is 319 g/mol. The highest BCUT2D eigenvalue weighted by molar-refractivity contribution is 6.02. The quantitative estimate of drug-likeness (QED) is 0.790. The molecule has 0 aliphatic carbocycles. The summed E-state index contributed by atoms with van der Waals surface area (Å²) < 4.78 is 13.7. The Bertz CT molecular complexity index is 664. The third kappa shape index (κ3) is 2.67. The maximum atomic E-state index is 13.7. The fourth-order valence-electron chi connectivity index (χ4n) is 3.12. The lowest BCUT2D eigenvalue weighted by Crippen LogP contribution is -2.43. The maximum absolute atomic E-state index is 13.7. The van der Waals surface area contributed by atoms with Crippen LogP contribution in [0.3, 0.4) is 0 Å². The number of carbonyl (C=O) groups excluding carboxylic acids is 3. The normalized spacial score (nSPS) is 21.5. The number of rotatable bonds is 3. The standard InChI is InChI=1S/C16H18FN3O3/c1-2-18-10-14(21)20(16(18)23)11-7-8-19(9-11)15(22)12-5-3-4-6-13(12)17/h3-6,11H,2,7-10H2,1H3/t11-/m1/s1. The van der Waals surface area contributed by atoms with E-state index in [1.165, 1.54) is 32.9 Å². The van der Waals surface area contributed by atoms with Crippen LogP contribution in [0, 0.1) is 5.82 Å². The molecule has 0 radical (unpaired) electrons. The van der Waals surface area contributed by atoms with E-state index in [-0.39, 0.29) is 36.6 Å². The molecule has 1 aromatic rings. The highest BCUT2D eigenvalue weighted by Crippen LogP contribution is 2.23. The lowest BCUT2D eigenvalue weighted by atomic mass is 10.2. The van der Waals surface area contributed by atoms with Crippen LogP contribution in [0.4, 0.5) is 9.18 Å². The van der Waals surface area contributed by atoms with Gasteiger partial charge in [0.2, 0.25) is 0 Å². The Labute approximate surface area is 133 Å². The number of amides is 4. The summed E-state index contributed by atoms with van der Waals surface area (Å²) in [6.07, 6.45) is 0.523. The van der Waals surface area contributed by atoms with Gasteiger partial charge >= 0.3 is 6.03 Å². The van der Waals surface area contributed by atoms with E-state index in [1.807, 2.05) is 6.92 Å². The Hall–Kier alpha value is -2.44. The van der Waals surface area contributed by atoms with Gasteiger partial charge in [0.25, 0.3) is 11.8 Å². The molecule has 122 valence electrons. The third-order valence-electron chi connectivity index (χ3n) is 4.37. The summed E-state index contributed by atoms with van der Waals surface area (Å²) in [5, 5.41) is 0. The van der Waals surface area contributed by atoms with Crippen LogP contribution >= 0.6 is 0 Å². The van der Waals surface area contributed by atoms with Crippen molar-refractivity contribution in [1.82, 2.24) is 14.7 Å². The van der Waals surface area contributed by atoms with E-state index in [9.17, 15) is 18.8 Å².